The van der Waals surface area contributed by atoms with Crippen LogP contribution >= 0.6 is 24.0 Å². The molecule has 1 fully saturated rings. The number of aromatic amines is 1. The summed E-state index contributed by atoms with van der Waals surface area (Å²) < 4.78 is 2.24. The number of aliphatic imine (C=N–C) groups is 1. The molecule has 2 atom stereocenters. The fourth-order valence-electron chi connectivity index (χ4n) is 4.02. The number of H-pyrrole nitrogens is 1. The zero-order valence-corrected chi connectivity index (χ0v) is 19.4. The van der Waals surface area contributed by atoms with Gasteiger partial charge in [0.1, 0.15) is 5.65 Å². The van der Waals surface area contributed by atoms with Gasteiger partial charge in [-0.1, -0.05) is 6.92 Å². The minimum atomic E-state index is 0. The van der Waals surface area contributed by atoms with Crippen LogP contribution in [0.2, 0.25) is 0 Å². The van der Waals surface area contributed by atoms with E-state index in [1.165, 1.54) is 10.9 Å². The lowest BCUT2D eigenvalue weighted by molar-refractivity contribution is 0.189. The van der Waals surface area contributed by atoms with Gasteiger partial charge in [0.2, 0.25) is 0 Å². The molecule has 1 aliphatic rings. The highest BCUT2D eigenvalue weighted by atomic mass is 127. The van der Waals surface area contributed by atoms with Gasteiger partial charge in [0, 0.05) is 56.4 Å². The topological polar surface area (TPSA) is 74.1 Å². The average molecular weight is 507 g/mol. The van der Waals surface area contributed by atoms with Gasteiger partial charge in [-0.25, -0.2) is 9.97 Å². The van der Waals surface area contributed by atoms with Gasteiger partial charge in [-0.15, -0.1) is 24.0 Å². The van der Waals surface area contributed by atoms with Gasteiger partial charge in [-0.3, -0.25) is 4.99 Å². The fraction of sp³-hybridized carbons (Fsp3) is 0.476. The number of hydrogen-bond acceptors (Lipinski definition) is 3. The van der Waals surface area contributed by atoms with Crippen LogP contribution in [0.4, 0.5) is 0 Å². The molecule has 3 aromatic heterocycles. The molecule has 2 unspecified atom stereocenters. The van der Waals surface area contributed by atoms with Crippen molar-refractivity contribution in [1.82, 2.24) is 29.7 Å². The molecule has 7 nitrogen and oxygen atoms in total. The van der Waals surface area contributed by atoms with E-state index in [2.05, 4.69) is 62.0 Å². The standard InChI is InChI=1S/C21H29N7.HI/c1-3-23-21(25-9-6-17-13-26-20-18(17)5-4-8-24-20)27-11-7-16(2)19(14-27)28-12-10-22-15-28;/h4-5,8,10,12-13,15-16,19H,3,6-7,9,11,14H2,1-2H3,(H,23,25)(H,24,26);1H. The monoisotopic (exact) mass is 507 g/mol. The smallest absolute Gasteiger partial charge is 0.193 e. The van der Waals surface area contributed by atoms with Crippen molar-refractivity contribution < 1.29 is 0 Å². The highest BCUT2D eigenvalue weighted by molar-refractivity contribution is 14.0. The predicted octanol–water partition coefficient (Wildman–Crippen LogP) is 3.47. The maximum atomic E-state index is 4.93. The summed E-state index contributed by atoms with van der Waals surface area (Å²) in [4.78, 5) is 19.2. The molecular formula is C21H30IN7. The number of nitrogens with one attached hydrogen (secondary N) is 2. The zero-order valence-electron chi connectivity index (χ0n) is 17.1. The van der Waals surface area contributed by atoms with Gasteiger partial charge in [-0.05, 0) is 43.4 Å². The van der Waals surface area contributed by atoms with Crippen LogP contribution in [0.5, 0.6) is 0 Å². The molecule has 0 saturated carbocycles. The minimum Gasteiger partial charge on any atom is -0.357 e. The average Bonchev–Trinajstić information content (AvgIpc) is 3.38. The molecule has 3 aromatic rings. The molecule has 1 aliphatic heterocycles. The number of imidazole rings is 1. The van der Waals surface area contributed by atoms with Crippen LogP contribution in [-0.2, 0) is 6.42 Å². The van der Waals surface area contributed by atoms with Gasteiger partial charge in [-0.2, -0.15) is 0 Å². The van der Waals surface area contributed by atoms with E-state index in [0.717, 1.165) is 50.6 Å². The quantitative estimate of drug-likeness (QED) is 0.315. The Bertz CT molecular complexity index is 918. The fourth-order valence-corrected chi connectivity index (χ4v) is 4.02. The van der Waals surface area contributed by atoms with Crippen LogP contribution in [0.1, 0.15) is 31.9 Å². The van der Waals surface area contributed by atoms with Crippen LogP contribution < -0.4 is 5.32 Å². The maximum absolute atomic E-state index is 4.93. The zero-order chi connectivity index (χ0) is 19.3. The first-order valence-electron chi connectivity index (χ1n) is 10.2. The molecule has 0 aromatic carbocycles. The van der Waals surface area contributed by atoms with E-state index in [1.54, 1.807) is 0 Å². The van der Waals surface area contributed by atoms with E-state index in [4.69, 9.17) is 4.99 Å². The molecule has 8 heteroatoms. The highest BCUT2D eigenvalue weighted by Gasteiger charge is 2.28. The van der Waals surface area contributed by atoms with Gasteiger partial charge >= 0.3 is 0 Å². The van der Waals surface area contributed by atoms with Gasteiger partial charge in [0.15, 0.2) is 5.96 Å². The van der Waals surface area contributed by atoms with Gasteiger partial charge in [0.25, 0.3) is 0 Å². The van der Waals surface area contributed by atoms with Gasteiger partial charge < -0.3 is 19.8 Å². The highest BCUT2D eigenvalue weighted by Crippen LogP contribution is 2.27. The van der Waals surface area contributed by atoms with Crippen LogP contribution in [0.25, 0.3) is 11.0 Å². The van der Waals surface area contributed by atoms with Crippen LogP contribution in [0.15, 0.2) is 48.2 Å². The number of piperidine rings is 1. The van der Waals surface area contributed by atoms with Crippen LogP contribution in [-0.4, -0.2) is 56.6 Å². The molecule has 4 heterocycles. The number of rotatable bonds is 5. The number of fused-ring (bicyclic) bond motifs is 1. The number of aromatic nitrogens is 4. The summed E-state index contributed by atoms with van der Waals surface area (Å²) in [6.45, 7) is 8.08. The Morgan fingerprint density at radius 2 is 2.28 bits per heavy atom. The van der Waals surface area contributed by atoms with Crippen molar-refractivity contribution in [2.75, 3.05) is 26.2 Å². The molecule has 0 bridgehead atoms. The van der Waals surface area contributed by atoms with Crippen LogP contribution in [0.3, 0.4) is 0 Å². The van der Waals surface area contributed by atoms with E-state index in [9.17, 15) is 0 Å². The molecule has 1 saturated heterocycles. The summed E-state index contributed by atoms with van der Waals surface area (Å²) >= 11 is 0. The molecule has 0 aliphatic carbocycles. The third-order valence-electron chi connectivity index (χ3n) is 5.64. The van der Waals surface area contributed by atoms with Crippen molar-refractivity contribution in [3.63, 3.8) is 0 Å². The lowest BCUT2D eigenvalue weighted by Crippen LogP contribution is -2.49. The molecule has 2 N–H and O–H groups in total. The summed E-state index contributed by atoms with van der Waals surface area (Å²) in [5.74, 6) is 1.64. The Kier molecular flexibility index (Phi) is 7.51. The second-order valence-electron chi connectivity index (χ2n) is 7.49. The molecule has 4 rings (SSSR count). The first-order valence-corrected chi connectivity index (χ1v) is 10.2. The van der Waals surface area contributed by atoms with E-state index < -0.39 is 0 Å². The van der Waals surface area contributed by atoms with Crippen LogP contribution in [0, 0.1) is 5.92 Å². The predicted molar refractivity (Wildman–Crippen MR) is 128 cm³/mol. The van der Waals surface area contributed by atoms with Crippen molar-refractivity contribution in [1.29, 1.82) is 0 Å². The summed E-state index contributed by atoms with van der Waals surface area (Å²) in [6.07, 6.45) is 11.8. The molecule has 156 valence electrons. The lowest BCUT2D eigenvalue weighted by atomic mass is 9.93. The summed E-state index contributed by atoms with van der Waals surface area (Å²) in [6, 6.07) is 4.53. The third-order valence-corrected chi connectivity index (χ3v) is 5.64. The summed E-state index contributed by atoms with van der Waals surface area (Å²) in [7, 11) is 0. The first-order chi connectivity index (χ1) is 13.8. The van der Waals surface area contributed by atoms with Crippen molar-refractivity contribution in [2.24, 2.45) is 10.9 Å². The number of hydrogen-bond donors (Lipinski definition) is 2. The van der Waals surface area contributed by atoms with Crippen molar-refractivity contribution in [3.8, 4) is 0 Å². The molecule has 0 amide bonds. The van der Waals surface area contributed by atoms with E-state index in [-0.39, 0.29) is 24.0 Å². The normalized spacial score (nSPS) is 19.9. The number of pyridine rings is 1. The van der Waals surface area contributed by atoms with E-state index in [0.29, 0.717) is 12.0 Å². The van der Waals surface area contributed by atoms with Crippen molar-refractivity contribution >= 4 is 41.0 Å². The third kappa shape index (κ3) is 4.91. The molecule has 0 spiro atoms. The SMILES string of the molecule is CCNC(=NCCc1c[nH]c2ncccc12)N1CCC(C)C(n2ccnc2)C1.I. The summed E-state index contributed by atoms with van der Waals surface area (Å²) in [5, 5.41) is 4.67. The van der Waals surface area contributed by atoms with E-state index in [1.807, 2.05) is 24.8 Å². The Morgan fingerprint density at radius 3 is 3.07 bits per heavy atom. The number of likely N-dealkylation sites (tertiary alicyclic amines) is 1. The number of nitrogens with zero attached hydrogens (tertiary/aromatic N) is 5. The second kappa shape index (κ2) is 10.1. The molecule has 0 radical (unpaired) electrons. The van der Waals surface area contributed by atoms with Gasteiger partial charge in [0.05, 0.1) is 12.4 Å². The largest absolute Gasteiger partial charge is 0.357 e. The Balaban J connectivity index is 0.00000240. The Morgan fingerprint density at radius 1 is 1.38 bits per heavy atom. The lowest BCUT2D eigenvalue weighted by Gasteiger charge is -2.39. The maximum Gasteiger partial charge on any atom is 0.193 e. The summed E-state index contributed by atoms with van der Waals surface area (Å²) in [5.41, 5.74) is 2.22. The van der Waals surface area contributed by atoms with Crippen molar-refractivity contribution in [3.05, 3.63) is 48.8 Å². The number of halogens is 1. The second-order valence-corrected chi connectivity index (χ2v) is 7.49. The Labute approximate surface area is 189 Å². The number of guanidine groups is 1. The van der Waals surface area contributed by atoms with Crippen molar-refractivity contribution in [2.45, 2.75) is 32.7 Å². The first kappa shape index (κ1) is 21.6. The minimum absolute atomic E-state index is 0. The van der Waals surface area contributed by atoms with E-state index >= 15 is 0 Å². The molecule has 29 heavy (non-hydrogen) atoms. The Hall–Kier alpha value is -2.10. The molecular weight excluding hydrogens is 477 g/mol.